The number of aromatic nitrogens is 2. The van der Waals surface area contributed by atoms with E-state index in [4.69, 9.17) is 0 Å². The summed E-state index contributed by atoms with van der Waals surface area (Å²) in [7, 11) is 1.61. The normalized spacial score (nSPS) is 10.2. The third-order valence-corrected chi connectivity index (χ3v) is 1.90. The maximum atomic E-state index is 11.3. The van der Waals surface area contributed by atoms with Crippen molar-refractivity contribution < 1.29 is 4.79 Å². The number of carbonyl (C=O) groups is 1. The van der Waals surface area contributed by atoms with Gasteiger partial charge in [0.25, 0.3) is 5.91 Å². The Hall–Kier alpha value is -1.84. The highest BCUT2D eigenvalue weighted by Gasteiger charge is 2.09. The zero-order valence-electron chi connectivity index (χ0n) is 7.19. The van der Waals surface area contributed by atoms with E-state index in [2.05, 4.69) is 10.4 Å². The standard InChI is InChI=1S/C9H9N3O/c1-10-9(13)7-6-11-12-5-3-2-4-8(7)12/h2-6H,1H3,(H,10,13). The third kappa shape index (κ3) is 1.16. The van der Waals surface area contributed by atoms with E-state index in [1.54, 1.807) is 17.8 Å². The van der Waals surface area contributed by atoms with Gasteiger partial charge in [-0.1, -0.05) is 6.07 Å². The summed E-state index contributed by atoms with van der Waals surface area (Å²) in [6.07, 6.45) is 3.37. The Morgan fingerprint density at radius 2 is 2.38 bits per heavy atom. The molecule has 2 rings (SSSR count). The Morgan fingerprint density at radius 3 is 3.15 bits per heavy atom. The molecule has 4 heteroatoms. The van der Waals surface area contributed by atoms with Gasteiger partial charge in [-0.15, -0.1) is 0 Å². The van der Waals surface area contributed by atoms with E-state index in [0.29, 0.717) is 5.56 Å². The number of hydrogen-bond donors (Lipinski definition) is 1. The number of hydrogen-bond acceptors (Lipinski definition) is 2. The molecule has 4 nitrogen and oxygen atoms in total. The number of fused-ring (bicyclic) bond motifs is 1. The minimum atomic E-state index is -0.110. The van der Waals surface area contributed by atoms with E-state index in [9.17, 15) is 4.79 Å². The van der Waals surface area contributed by atoms with Crippen molar-refractivity contribution >= 4 is 11.4 Å². The molecule has 0 spiro atoms. The lowest BCUT2D eigenvalue weighted by Gasteiger charge is -1.95. The second-order valence-corrected chi connectivity index (χ2v) is 2.67. The van der Waals surface area contributed by atoms with E-state index in [1.165, 1.54) is 0 Å². The predicted molar refractivity (Wildman–Crippen MR) is 48.6 cm³/mol. The first kappa shape index (κ1) is 7.79. The smallest absolute Gasteiger partial charge is 0.254 e. The first-order chi connectivity index (χ1) is 6.33. The molecule has 0 saturated carbocycles. The molecule has 0 atom stereocenters. The van der Waals surface area contributed by atoms with E-state index in [0.717, 1.165) is 5.52 Å². The maximum Gasteiger partial charge on any atom is 0.254 e. The van der Waals surface area contributed by atoms with Crippen LogP contribution >= 0.6 is 0 Å². The Labute approximate surface area is 75.2 Å². The van der Waals surface area contributed by atoms with Crippen LogP contribution in [-0.4, -0.2) is 22.6 Å². The zero-order chi connectivity index (χ0) is 9.26. The molecule has 0 fully saturated rings. The van der Waals surface area contributed by atoms with Crippen molar-refractivity contribution in [1.82, 2.24) is 14.9 Å². The molecule has 2 aromatic heterocycles. The average Bonchev–Trinajstić information content (AvgIpc) is 2.60. The summed E-state index contributed by atoms with van der Waals surface area (Å²) in [6, 6.07) is 5.61. The molecule has 0 radical (unpaired) electrons. The van der Waals surface area contributed by atoms with Crippen molar-refractivity contribution in [3.63, 3.8) is 0 Å². The van der Waals surface area contributed by atoms with Crippen molar-refractivity contribution in [3.8, 4) is 0 Å². The number of rotatable bonds is 1. The Bertz CT molecular complexity index is 447. The molecule has 0 aliphatic rings. The second kappa shape index (κ2) is 2.90. The molecular weight excluding hydrogens is 166 g/mol. The van der Waals surface area contributed by atoms with E-state index < -0.39 is 0 Å². The van der Waals surface area contributed by atoms with Crippen molar-refractivity contribution in [1.29, 1.82) is 0 Å². The van der Waals surface area contributed by atoms with Gasteiger partial charge in [-0.25, -0.2) is 4.52 Å². The van der Waals surface area contributed by atoms with Crippen molar-refractivity contribution in [3.05, 3.63) is 36.2 Å². The molecule has 0 saturated heterocycles. The lowest BCUT2D eigenvalue weighted by molar-refractivity contribution is 0.0964. The fourth-order valence-corrected chi connectivity index (χ4v) is 1.24. The zero-order valence-corrected chi connectivity index (χ0v) is 7.19. The van der Waals surface area contributed by atoms with Crippen molar-refractivity contribution in [2.75, 3.05) is 7.05 Å². The largest absolute Gasteiger partial charge is 0.355 e. The van der Waals surface area contributed by atoms with Gasteiger partial charge in [-0.05, 0) is 12.1 Å². The highest BCUT2D eigenvalue weighted by molar-refractivity contribution is 6.00. The molecular formula is C9H9N3O. The summed E-state index contributed by atoms with van der Waals surface area (Å²) < 4.78 is 1.67. The number of nitrogens with zero attached hydrogens (tertiary/aromatic N) is 2. The molecule has 66 valence electrons. The second-order valence-electron chi connectivity index (χ2n) is 2.67. The van der Waals surface area contributed by atoms with Crippen LogP contribution in [0.1, 0.15) is 10.4 Å². The first-order valence-corrected chi connectivity index (χ1v) is 3.97. The molecule has 0 aromatic carbocycles. The van der Waals surface area contributed by atoms with Crippen molar-refractivity contribution in [2.45, 2.75) is 0 Å². The summed E-state index contributed by atoms with van der Waals surface area (Å²) in [5.41, 5.74) is 1.42. The van der Waals surface area contributed by atoms with Crippen LogP contribution in [0.15, 0.2) is 30.6 Å². The van der Waals surface area contributed by atoms with E-state index >= 15 is 0 Å². The van der Waals surface area contributed by atoms with Crippen LogP contribution in [0.25, 0.3) is 5.52 Å². The van der Waals surface area contributed by atoms with Gasteiger partial charge in [0.2, 0.25) is 0 Å². The van der Waals surface area contributed by atoms with Crippen LogP contribution < -0.4 is 5.32 Å². The quantitative estimate of drug-likeness (QED) is 0.693. The monoisotopic (exact) mass is 175 g/mol. The average molecular weight is 175 g/mol. The minimum Gasteiger partial charge on any atom is -0.355 e. The highest BCUT2D eigenvalue weighted by atomic mass is 16.1. The van der Waals surface area contributed by atoms with Crippen LogP contribution in [0.5, 0.6) is 0 Å². The Morgan fingerprint density at radius 1 is 1.54 bits per heavy atom. The van der Waals surface area contributed by atoms with E-state index in [1.807, 2.05) is 24.4 Å². The molecule has 1 N–H and O–H groups in total. The van der Waals surface area contributed by atoms with Crippen LogP contribution in [0, 0.1) is 0 Å². The third-order valence-electron chi connectivity index (χ3n) is 1.90. The molecule has 0 unspecified atom stereocenters. The van der Waals surface area contributed by atoms with Gasteiger partial charge in [-0.3, -0.25) is 4.79 Å². The summed E-state index contributed by atoms with van der Waals surface area (Å²) in [4.78, 5) is 11.3. The van der Waals surface area contributed by atoms with Gasteiger partial charge >= 0.3 is 0 Å². The lowest BCUT2D eigenvalue weighted by Crippen LogP contribution is -2.17. The van der Waals surface area contributed by atoms with Gasteiger partial charge in [0.15, 0.2) is 0 Å². The molecule has 1 amide bonds. The van der Waals surface area contributed by atoms with Gasteiger partial charge in [0.05, 0.1) is 17.3 Å². The number of pyridine rings is 1. The topological polar surface area (TPSA) is 46.4 Å². The summed E-state index contributed by atoms with van der Waals surface area (Å²) in [5, 5.41) is 6.61. The van der Waals surface area contributed by atoms with Crippen LogP contribution in [-0.2, 0) is 0 Å². The molecule has 13 heavy (non-hydrogen) atoms. The fourth-order valence-electron chi connectivity index (χ4n) is 1.24. The Balaban J connectivity index is 2.64. The summed E-state index contributed by atoms with van der Waals surface area (Å²) >= 11 is 0. The predicted octanol–water partition coefficient (Wildman–Crippen LogP) is 0.694. The SMILES string of the molecule is CNC(=O)c1cnn2ccccc12. The fraction of sp³-hybridized carbons (Fsp3) is 0.111. The molecule has 2 aromatic rings. The number of carbonyl (C=O) groups excluding carboxylic acids is 1. The lowest BCUT2D eigenvalue weighted by atomic mass is 10.2. The Kier molecular flexibility index (Phi) is 1.73. The molecule has 0 aliphatic heterocycles. The highest BCUT2D eigenvalue weighted by Crippen LogP contribution is 2.08. The molecule has 0 bridgehead atoms. The van der Waals surface area contributed by atoms with Gasteiger partial charge < -0.3 is 5.32 Å². The maximum absolute atomic E-state index is 11.3. The minimum absolute atomic E-state index is 0.110. The van der Waals surface area contributed by atoms with Crippen LogP contribution in [0.4, 0.5) is 0 Å². The molecule has 2 heterocycles. The van der Waals surface area contributed by atoms with E-state index in [-0.39, 0.29) is 5.91 Å². The van der Waals surface area contributed by atoms with Gasteiger partial charge in [0, 0.05) is 13.2 Å². The molecule has 0 aliphatic carbocycles. The summed E-state index contributed by atoms with van der Waals surface area (Å²) in [5.74, 6) is -0.110. The number of nitrogens with one attached hydrogen (secondary N) is 1. The van der Waals surface area contributed by atoms with Gasteiger partial charge in [-0.2, -0.15) is 5.10 Å². The van der Waals surface area contributed by atoms with Crippen molar-refractivity contribution in [2.24, 2.45) is 0 Å². The first-order valence-electron chi connectivity index (χ1n) is 3.97. The van der Waals surface area contributed by atoms with Gasteiger partial charge in [0.1, 0.15) is 0 Å². The van der Waals surface area contributed by atoms with Crippen LogP contribution in [0.2, 0.25) is 0 Å². The van der Waals surface area contributed by atoms with Crippen LogP contribution in [0.3, 0.4) is 0 Å². The number of amides is 1. The summed E-state index contributed by atoms with van der Waals surface area (Å²) in [6.45, 7) is 0.